The number of nitrogens with two attached hydrogens (primary N) is 1. The molecule has 0 aliphatic carbocycles. The van der Waals surface area contributed by atoms with E-state index in [-0.39, 0.29) is 0 Å². The van der Waals surface area contributed by atoms with Crippen LogP contribution in [0, 0.1) is 11.8 Å². The van der Waals surface area contributed by atoms with Crippen molar-refractivity contribution in [2.45, 2.75) is 17.6 Å². The van der Waals surface area contributed by atoms with E-state index in [2.05, 4.69) is 16.6 Å². The summed E-state index contributed by atoms with van der Waals surface area (Å²) in [4.78, 5) is 1.04. The fourth-order valence-corrected chi connectivity index (χ4v) is 4.03. The van der Waals surface area contributed by atoms with Gasteiger partial charge in [0.05, 0.1) is 6.54 Å². The number of sulfonamides is 1. The Morgan fingerprint density at radius 3 is 2.48 bits per heavy atom. The summed E-state index contributed by atoms with van der Waals surface area (Å²) in [6, 6.07) is 10.4. The van der Waals surface area contributed by atoms with Crippen LogP contribution in [0.15, 0.2) is 40.6 Å². The minimum atomic E-state index is -3.52. The van der Waals surface area contributed by atoms with Gasteiger partial charge in [-0.2, -0.15) is 0 Å². The molecule has 0 spiro atoms. The number of hydrogen-bond donors (Lipinski definition) is 2. The number of aryl methyl sites for hydroxylation is 1. The maximum absolute atomic E-state index is 12.2. The van der Waals surface area contributed by atoms with Crippen molar-refractivity contribution in [3.63, 3.8) is 0 Å². The van der Waals surface area contributed by atoms with Crippen molar-refractivity contribution >= 4 is 27.0 Å². The molecule has 1 aromatic carbocycles. The van der Waals surface area contributed by atoms with Crippen molar-refractivity contribution in [1.82, 2.24) is 0 Å². The summed E-state index contributed by atoms with van der Waals surface area (Å²) in [6.07, 6.45) is 0.828. The third-order valence-corrected chi connectivity index (χ3v) is 5.82. The summed E-state index contributed by atoms with van der Waals surface area (Å²) in [5.41, 5.74) is 6.62. The second-order valence-electron chi connectivity index (χ2n) is 4.26. The quantitative estimate of drug-likeness (QED) is 0.850. The molecule has 0 aliphatic rings. The van der Waals surface area contributed by atoms with Gasteiger partial charge in [0.1, 0.15) is 4.21 Å². The molecule has 0 fully saturated rings. The average molecular weight is 320 g/mol. The fourth-order valence-electron chi connectivity index (χ4n) is 1.67. The van der Waals surface area contributed by atoms with E-state index in [0.717, 1.165) is 16.9 Å². The van der Waals surface area contributed by atoms with Crippen LogP contribution in [0.2, 0.25) is 0 Å². The molecule has 0 saturated carbocycles. The van der Waals surface area contributed by atoms with Gasteiger partial charge < -0.3 is 5.73 Å². The van der Waals surface area contributed by atoms with Gasteiger partial charge in [-0.05, 0) is 42.8 Å². The lowest BCUT2D eigenvalue weighted by atomic mass is 10.2. The van der Waals surface area contributed by atoms with E-state index in [9.17, 15) is 8.42 Å². The molecule has 0 atom stereocenters. The van der Waals surface area contributed by atoms with Crippen molar-refractivity contribution in [2.75, 3.05) is 11.3 Å². The zero-order valence-corrected chi connectivity index (χ0v) is 13.2. The summed E-state index contributed by atoms with van der Waals surface area (Å²) in [5, 5.41) is 0. The first-order chi connectivity index (χ1) is 10.0. The van der Waals surface area contributed by atoms with Gasteiger partial charge >= 0.3 is 0 Å². The predicted octanol–water partition coefficient (Wildman–Crippen LogP) is 2.42. The molecule has 6 heteroatoms. The molecule has 0 saturated heterocycles. The molecular weight excluding hydrogens is 304 g/mol. The van der Waals surface area contributed by atoms with Crippen LogP contribution in [0.5, 0.6) is 0 Å². The number of anilines is 1. The van der Waals surface area contributed by atoms with Crippen LogP contribution in [0.1, 0.15) is 17.4 Å². The van der Waals surface area contributed by atoms with E-state index in [4.69, 9.17) is 5.73 Å². The van der Waals surface area contributed by atoms with Gasteiger partial charge in [0.2, 0.25) is 0 Å². The first-order valence-electron chi connectivity index (χ1n) is 6.45. The monoisotopic (exact) mass is 320 g/mol. The molecule has 4 nitrogen and oxygen atoms in total. The Kier molecular flexibility index (Phi) is 5.02. The molecule has 0 amide bonds. The first-order valence-corrected chi connectivity index (χ1v) is 8.75. The molecule has 0 bridgehead atoms. The lowest BCUT2D eigenvalue weighted by molar-refractivity contribution is 0.603. The second-order valence-corrected chi connectivity index (χ2v) is 7.34. The molecule has 2 rings (SSSR count). The molecule has 0 unspecified atom stereocenters. The van der Waals surface area contributed by atoms with E-state index < -0.39 is 10.0 Å². The Morgan fingerprint density at radius 2 is 1.90 bits per heavy atom. The van der Waals surface area contributed by atoms with Crippen molar-refractivity contribution in [3.8, 4) is 11.8 Å². The SMILES string of the molecule is CCc1ccc(S(=O)(=O)Nc2ccc(C#CCN)cc2)s1. The molecule has 21 heavy (non-hydrogen) atoms. The number of hydrogen-bond acceptors (Lipinski definition) is 4. The number of benzene rings is 1. The molecule has 0 aliphatic heterocycles. The van der Waals surface area contributed by atoms with E-state index in [0.29, 0.717) is 16.4 Å². The number of nitrogens with one attached hydrogen (secondary N) is 1. The van der Waals surface area contributed by atoms with E-state index in [1.54, 1.807) is 30.3 Å². The third-order valence-electron chi connectivity index (χ3n) is 2.72. The maximum Gasteiger partial charge on any atom is 0.271 e. The van der Waals surface area contributed by atoms with Crippen LogP contribution in [-0.4, -0.2) is 15.0 Å². The Balaban J connectivity index is 2.16. The van der Waals surface area contributed by atoms with Crippen molar-refractivity contribution in [3.05, 3.63) is 46.8 Å². The minimum absolute atomic E-state index is 0.298. The molecule has 2 aromatic rings. The summed E-state index contributed by atoms with van der Waals surface area (Å²) in [5.74, 6) is 5.63. The summed E-state index contributed by atoms with van der Waals surface area (Å²) in [6.45, 7) is 2.29. The van der Waals surface area contributed by atoms with Gasteiger partial charge in [-0.1, -0.05) is 18.8 Å². The largest absolute Gasteiger partial charge is 0.320 e. The predicted molar refractivity (Wildman–Crippen MR) is 86.9 cm³/mol. The lowest BCUT2D eigenvalue weighted by Gasteiger charge is -2.06. The average Bonchev–Trinajstić information content (AvgIpc) is 2.96. The number of thiophene rings is 1. The van der Waals surface area contributed by atoms with Gasteiger partial charge in [0.15, 0.2) is 0 Å². The van der Waals surface area contributed by atoms with Crippen LogP contribution < -0.4 is 10.5 Å². The summed E-state index contributed by atoms with van der Waals surface area (Å²) in [7, 11) is -3.52. The van der Waals surface area contributed by atoms with Gasteiger partial charge in [0, 0.05) is 16.1 Å². The van der Waals surface area contributed by atoms with Crippen LogP contribution in [-0.2, 0) is 16.4 Å². The lowest BCUT2D eigenvalue weighted by Crippen LogP contribution is -2.11. The van der Waals surface area contributed by atoms with Crippen molar-refractivity contribution < 1.29 is 8.42 Å². The Morgan fingerprint density at radius 1 is 1.19 bits per heavy atom. The van der Waals surface area contributed by atoms with Crippen LogP contribution in [0.25, 0.3) is 0 Å². The topological polar surface area (TPSA) is 72.2 Å². The first kappa shape index (κ1) is 15.6. The maximum atomic E-state index is 12.2. The van der Waals surface area contributed by atoms with Gasteiger partial charge in [0.25, 0.3) is 10.0 Å². The number of rotatable bonds is 4. The van der Waals surface area contributed by atoms with E-state index in [1.165, 1.54) is 11.3 Å². The van der Waals surface area contributed by atoms with Crippen LogP contribution in [0.4, 0.5) is 5.69 Å². The van der Waals surface area contributed by atoms with E-state index in [1.807, 2.05) is 13.0 Å². The highest BCUT2D eigenvalue weighted by molar-refractivity contribution is 7.94. The zero-order chi connectivity index (χ0) is 15.3. The smallest absolute Gasteiger partial charge is 0.271 e. The second kappa shape index (κ2) is 6.76. The molecule has 0 radical (unpaired) electrons. The van der Waals surface area contributed by atoms with Crippen molar-refractivity contribution in [1.29, 1.82) is 0 Å². The Labute approximate surface area is 129 Å². The Hall–Kier alpha value is -1.81. The molecule has 110 valence electrons. The summed E-state index contributed by atoms with van der Waals surface area (Å²) >= 11 is 1.29. The standard InChI is InChI=1S/C15H16N2O2S2/c1-2-14-9-10-15(20-14)21(18,19)17-13-7-5-12(6-8-13)4-3-11-16/h5-10,17H,2,11,16H2,1H3. The molecule has 1 heterocycles. The fraction of sp³-hybridized carbons (Fsp3) is 0.200. The van der Waals surface area contributed by atoms with Gasteiger partial charge in [-0.3, -0.25) is 4.72 Å². The normalized spacial score (nSPS) is 10.8. The van der Waals surface area contributed by atoms with Crippen LogP contribution in [0.3, 0.4) is 0 Å². The molecule has 1 aromatic heterocycles. The highest BCUT2D eigenvalue weighted by Gasteiger charge is 2.16. The van der Waals surface area contributed by atoms with Gasteiger partial charge in [-0.25, -0.2) is 8.42 Å². The highest BCUT2D eigenvalue weighted by atomic mass is 32.2. The zero-order valence-electron chi connectivity index (χ0n) is 11.6. The highest BCUT2D eigenvalue weighted by Crippen LogP contribution is 2.24. The molecule has 3 N–H and O–H groups in total. The third kappa shape index (κ3) is 4.08. The van der Waals surface area contributed by atoms with E-state index >= 15 is 0 Å². The molecular formula is C15H16N2O2S2. The van der Waals surface area contributed by atoms with Crippen molar-refractivity contribution in [2.24, 2.45) is 5.73 Å². The van der Waals surface area contributed by atoms with Crippen LogP contribution >= 0.6 is 11.3 Å². The minimum Gasteiger partial charge on any atom is -0.320 e. The summed E-state index contributed by atoms with van der Waals surface area (Å²) < 4.78 is 27.4. The Bertz CT molecular complexity index is 766. The van der Waals surface area contributed by atoms with Gasteiger partial charge in [-0.15, -0.1) is 11.3 Å².